The van der Waals surface area contributed by atoms with Crippen LogP contribution in [0.2, 0.25) is 0 Å². The molecule has 0 spiro atoms. The molecule has 124 valence electrons. The summed E-state index contributed by atoms with van der Waals surface area (Å²) in [5.74, 6) is 0. The quantitative estimate of drug-likeness (QED) is 0.650. The molecule has 0 atom stereocenters. The van der Waals surface area contributed by atoms with Gasteiger partial charge >= 0.3 is 0 Å². The van der Waals surface area contributed by atoms with Gasteiger partial charge in [-0.15, -0.1) is 11.3 Å². The first-order valence-electron chi connectivity index (χ1n) is 8.09. The van der Waals surface area contributed by atoms with Crippen molar-refractivity contribution in [3.8, 4) is 0 Å². The van der Waals surface area contributed by atoms with Gasteiger partial charge in [-0.05, 0) is 24.4 Å². The van der Waals surface area contributed by atoms with Gasteiger partial charge in [0.2, 0.25) is 0 Å². The molecule has 0 aliphatic carbocycles. The number of fused-ring (bicyclic) bond motifs is 1. The van der Waals surface area contributed by atoms with Gasteiger partial charge in [0.15, 0.2) is 5.11 Å². The van der Waals surface area contributed by atoms with E-state index in [9.17, 15) is 0 Å². The summed E-state index contributed by atoms with van der Waals surface area (Å²) in [5.41, 5.74) is 1.08. The van der Waals surface area contributed by atoms with E-state index in [1.807, 2.05) is 6.07 Å². The predicted octanol–water partition coefficient (Wildman–Crippen LogP) is 0.218. The number of morpholine rings is 1. The fourth-order valence-corrected chi connectivity index (χ4v) is 3.81. The van der Waals surface area contributed by atoms with Crippen LogP contribution in [0.5, 0.6) is 0 Å². The Hall–Kier alpha value is -1.28. The van der Waals surface area contributed by atoms with Crippen LogP contribution >= 0.6 is 23.6 Å². The van der Waals surface area contributed by atoms with Gasteiger partial charge in [-0.2, -0.15) is 0 Å². The van der Waals surface area contributed by atoms with E-state index < -0.39 is 0 Å². The number of quaternary nitrogens is 1. The second kappa shape index (κ2) is 8.54. The third kappa shape index (κ3) is 5.10. The summed E-state index contributed by atoms with van der Waals surface area (Å²) in [6.45, 7) is 6.75. The average Bonchev–Trinajstić information content (AvgIpc) is 2.98. The molecule has 2 aromatic rings. The number of nitrogens with zero attached hydrogens (tertiary/aromatic N) is 1. The molecular formula is C16H23N4OS2+. The third-order valence-electron chi connectivity index (χ3n) is 3.93. The number of aromatic nitrogens is 1. The first-order valence-corrected chi connectivity index (χ1v) is 9.31. The van der Waals surface area contributed by atoms with E-state index in [1.165, 1.54) is 4.70 Å². The molecule has 3 rings (SSSR count). The van der Waals surface area contributed by atoms with Crippen LogP contribution in [0, 0.1) is 0 Å². The Balaban J connectivity index is 1.32. The number of thiocarbonyl (C=S) groups is 1. The number of hydrogen-bond acceptors (Lipinski definition) is 4. The van der Waals surface area contributed by atoms with Crippen LogP contribution in [0.15, 0.2) is 24.3 Å². The van der Waals surface area contributed by atoms with Crippen molar-refractivity contribution >= 4 is 38.9 Å². The van der Waals surface area contributed by atoms with Crippen molar-refractivity contribution in [1.29, 1.82) is 0 Å². The lowest BCUT2D eigenvalue weighted by molar-refractivity contribution is -0.906. The fourth-order valence-electron chi connectivity index (χ4n) is 2.64. The lowest BCUT2D eigenvalue weighted by Gasteiger charge is -2.24. The molecule has 0 unspecified atom stereocenters. The highest BCUT2D eigenvalue weighted by Gasteiger charge is 2.12. The maximum Gasteiger partial charge on any atom is 0.166 e. The van der Waals surface area contributed by atoms with Crippen molar-refractivity contribution in [2.24, 2.45) is 0 Å². The number of thiazole rings is 1. The number of nitrogens with one attached hydrogen (secondary N) is 3. The molecule has 0 bridgehead atoms. The summed E-state index contributed by atoms with van der Waals surface area (Å²) < 4.78 is 6.61. The molecule has 1 aliphatic heterocycles. The average molecular weight is 352 g/mol. The normalized spacial score (nSPS) is 15.7. The summed E-state index contributed by atoms with van der Waals surface area (Å²) in [5, 5.41) is 8.44. The summed E-state index contributed by atoms with van der Waals surface area (Å²) in [4.78, 5) is 6.22. The van der Waals surface area contributed by atoms with Crippen LogP contribution in [-0.4, -0.2) is 56.0 Å². The second-order valence-electron chi connectivity index (χ2n) is 5.62. The van der Waals surface area contributed by atoms with Crippen LogP contribution in [-0.2, 0) is 11.2 Å². The Morgan fingerprint density at radius 2 is 2.00 bits per heavy atom. The molecule has 0 saturated carbocycles. The Morgan fingerprint density at radius 3 is 2.83 bits per heavy atom. The summed E-state index contributed by atoms with van der Waals surface area (Å²) >= 11 is 7.08. The van der Waals surface area contributed by atoms with E-state index in [1.54, 1.807) is 16.2 Å². The van der Waals surface area contributed by atoms with Crippen molar-refractivity contribution in [3.05, 3.63) is 29.3 Å². The molecule has 2 heterocycles. The highest BCUT2D eigenvalue weighted by atomic mass is 32.1. The maximum absolute atomic E-state index is 5.36. The van der Waals surface area contributed by atoms with E-state index in [-0.39, 0.29) is 0 Å². The fraction of sp³-hybridized carbons (Fsp3) is 0.500. The molecule has 5 nitrogen and oxygen atoms in total. The van der Waals surface area contributed by atoms with E-state index in [4.69, 9.17) is 17.0 Å². The molecule has 1 aromatic carbocycles. The summed E-state index contributed by atoms with van der Waals surface area (Å²) in [6, 6.07) is 8.25. The Kier molecular flexibility index (Phi) is 6.15. The highest BCUT2D eigenvalue weighted by molar-refractivity contribution is 7.80. The second-order valence-corrected chi connectivity index (χ2v) is 7.14. The monoisotopic (exact) mass is 351 g/mol. The van der Waals surface area contributed by atoms with Crippen LogP contribution in [0.4, 0.5) is 0 Å². The van der Waals surface area contributed by atoms with Crippen molar-refractivity contribution in [3.63, 3.8) is 0 Å². The summed E-state index contributed by atoms with van der Waals surface area (Å²) in [7, 11) is 0. The van der Waals surface area contributed by atoms with Gasteiger partial charge < -0.3 is 20.3 Å². The number of ether oxygens (including phenoxy) is 1. The zero-order chi connectivity index (χ0) is 15.9. The van der Waals surface area contributed by atoms with Gasteiger partial charge in [0.1, 0.15) is 13.1 Å². The minimum Gasteiger partial charge on any atom is -0.370 e. The number of rotatable bonds is 6. The van der Waals surface area contributed by atoms with Crippen LogP contribution in [0.1, 0.15) is 5.01 Å². The molecule has 1 aromatic heterocycles. The smallest absolute Gasteiger partial charge is 0.166 e. The molecular weight excluding hydrogens is 328 g/mol. The van der Waals surface area contributed by atoms with E-state index >= 15 is 0 Å². The van der Waals surface area contributed by atoms with E-state index in [0.29, 0.717) is 0 Å². The Labute approximate surface area is 146 Å². The van der Waals surface area contributed by atoms with Crippen LogP contribution < -0.4 is 15.5 Å². The van der Waals surface area contributed by atoms with Gasteiger partial charge in [0.05, 0.1) is 41.5 Å². The standard InChI is InChI=1S/C16H22N4OS2/c22-16(18-7-8-20-9-11-21-12-10-20)17-6-5-15-19-13-3-1-2-4-14(13)23-15/h1-4H,5-12H2,(H2,17,18,22)/p+1. The lowest BCUT2D eigenvalue weighted by Crippen LogP contribution is -3.14. The topological polar surface area (TPSA) is 50.6 Å². The molecule has 7 heteroatoms. The van der Waals surface area contributed by atoms with E-state index in [0.717, 1.165) is 68.0 Å². The molecule has 23 heavy (non-hydrogen) atoms. The van der Waals surface area contributed by atoms with Gasteiger partial charge in [0.25, 0.3) is 0 Å². The zero-order valence-corrected chi connectivity index (χ0v) is 14.8. The minimum atomic E-state index is 0.735. The van der Waals surface area contributed by atoms with Gasteiger partial charge in [-0.3, -0.25) is 0 Å². The Bertz CT molecular complexity index is 607. The maximum atomic E-state index is 5.36. The predicted molar refractivity (Wildman–Crippen MR) is 98.3 cm³/mol. The lowest BCUT2D eigenvalue weighted by atomic mass is 10.3. The largest absolute Gasteiger partial charge is 0.370 e. The van der Waals surface area contributed by atoms with Gasteiger partial charge in [-0.1, -0.05) is 12.1 Å². The molecule has 0 radical (unpaired) electrons. The highest BCUT2D eigenvalue weighted by Crippen LogP contribution is 2.21. The Morgan fingerprint density at radius 1 is 1.22 bits per heavy atom. The zero-order valence-electron chi connectivity index (χ0n) is 13.1. The number of hydrogen-bond donors (Lipinski definition) is 3. The van der Waals surface area contributed by atoms with Gasteiger partial charge in [0, 0.05) is 13.0 Å². The van der Waals surface area contributed by atoms with Crippen LogP contribution in [0.3, 0.4) is 0 Å². The number of para-hydroxylation sites is 1. The summed E-state index contributed by atoms with van der Waals surface area (Å²) in [6.07, 6.45) is 0.899. The van der Waals surface area contributed by atoms with Crippen molar-refractivity contribution in [2.45, 2.75) is 6.42 Å². The van der Waals surface area contributed by atoms with Crippen molar-refractivity contribution in [1.82, 2.24) is 15.6 Å². The van der Waals surface area contributed by atoms with Gasteiger partial charge in [-0.25, -0.2) is 4.98 Å². The third-order valence-corrected chi connectivity index (χ3v) is 5.31. The molecule has 1 saturated heterocycles. The SMILES string of the molecule is S=C(NCCc1nc2ccccc2s1)NCC[NH+]1CCOCC1. The molecule has 1 aliphatic rings. The number of benzene rings is 1. The first kappa shape index (κ1) is 16.6. The minimum absolute atomic E-state index is 0.735. The van der Waals surface area contributed by atoms with Crippen molar-refractivity contribution in [2.75, 3.05) is 45.9 Å². The van der Waals surface area contributed by atoms with E-state index in [2.05, 4.69) is 33.8 Å². The molecule has 0 amide bonds. The molecule has 3 N–H and O–H groups in total. The van der Waals surface area contributed by atoms with Crippen molar-refractivity contribution < 1.29 is 9.64 Å². The van der Waals surface area contributed by atoms with Crippen LogP contribution in [0.25, 0.3) is 10.2 Å². The molecule has 1 fully saturated rings. The first-order chi connectivity index (χ1) is 11.3.